The number of aromatic nitrogens is 2. The lowest BCUT2D eigenvalue weighted by atomic mass is 10.1. The maximum absolute atomic E-state index is 13.1. The fourth-order valence-corrected chi connectivity index (χ4v) is 5.22. The number of thioether (sulfide) groups is 1. The molecular formula is C25H24ClN3O2S2. The van der Waals surface area contributed by atoms with Crippen molar-refractivity contribution in [1.29, 1.82) is 0 Å². The molecule has 2 aromatic carbocycles. The Morgan fingerprint density at radius 3 is 2.64 bits per heavy atom. The minimum Gasteiger partial charge on any atom is -0.492 e. The van der Waals surface area contributed by atoms with Crippen molar-refractivity contribution >= 4 is 51.9 Å². The molecule has 1 amide bonds. The summed E-state index contributed by atoms with van der Waals surface area (Å²) in [6.07, 6.45) is 4.63. The van der Waals surface area contributed by atoms with Crippen LogP contribution < -0.4 is 4.74 Å². The number of halogens is 1. The number of nitrogens with zero attached hydrogens (tertiary/aromatic N) is 3. The second kappa shape index (κ2) is 10.1. The Morgan fingerprint density at radius 1 is 1.21 bits per heavy atom. The molecular weight excluding hydrogens is 474 g/mol. The highest BCUT2D eigenvalue weighted by atomic mass is 35.5. The van der Waals surface area contributed by atoms with E-state index in [2.05, 4.69) is 0 Å². The van der Waals surface area contributed by atoms with Crippen LogP contribution in [0.2, 0.25) is 5.02 Å². The number of hydrogen-bond acceptors (Lipinski definition) is 5. The quantitative estimate of drug-likeness (QED) is 0.272. The van der Waals surface area contributed by atoms with Crippen LogP contribution in [-0.4, -0.2) is 37.6 Å². The van der Waals surface area contributed by atoms with Gasteiger partial charge in [0.15, 0.2) is 0 Å². The summed E-state index contributed by atoms with van der Waals surface area (Å²) in [7, 11) is 0. The van der Waals surface area contributed by atoms with Gasteiger partial charge >= 0.3 is 0 Å². The average molecular weight is 498 g/mol. The molecule has 0 spiro atoms. The van der Waals surface area contributed by atoms with E-state index in [1.807, 2.05) is 81.6 Å². The van der Waals surface area contributed by atoms with Gasteiger partial charge in [-0.1, -0.05) is 60.7 Å². The molecule has 0 radical (unpaired) electrons. The Balaban J connectivity index is 1.80. The zero-order valence-corrected chi connectivity index (χ0v) is 21.0. The molecule has 170 valence electrons. The normalized spacial score (nSPS) is 16.0. The molecule has 4 rings (SSSR count). The first-order valence-electron chi connectivity index (χ1n) is 10.8. The van der Waals surface area contributed by atoms with Crippen molar-refractivity contribution in [2.75, 3.05) is 6.61 Å². The van der Waals surface area contributed by atoms with Crippen LogP contribution in [0.1, 0.15) is 32.8 Å². The number of benzene rings is 2. The van der Waals surface area contributed by atoms with E-state index in [1.165, 1.54) is 11.8 Å². The fraction of sp³-hybridized carbons (Fsp3) is 0.240. The molecule has 33 heavy (non-hydrogen) atoms. The van der Waals surface area contributed by atoms with Crippen LogP contribution in [0.25, 0.3) is 23.0 Å². The second-order valence-corrected chi connectivity index (χ2v) is 9.68. The van der Waals surface area contributed by atoms with Gasteiger partial charge in [-0.3, -0.25) is 9.69 Å². The van der Waals surface area contributed by atoms with Crippen LogP contribution in [0.3, 0.4) is 0 Å². The number of para-hydroxylation sites is 1. The molecule has 1 unspecified atom stereocenters. The lowest BCUT2D eigenvalue weighted by Crippen LogP contribution is -2.36. The van der Waals surface area contributed by atoms with Crippen LogP contribution in [0.15, 0.2) is 59.6 Å². The maximum atomic E-state index is 13.1. The number of hydrogen-bond donors (Lipinski definition) is 0. The van der Waals surface area contributed by atoms with Crippen molar-refractivity contribution in [2.24, 2.45) is 0 Å². The van der Waals surface area contributed by atoms with Crippen molar-refractivity contribution in [3.8, 4) is 22.7 Å². The Morgan fingerprint density at radius 2 is 1.97 bits per heavy atom. The topological polar surface area (TPSA) is 47.4 Å². The Labute approximate surface area is 208 Å². The van der Waals surface area contributed by atoms with Crippen molar-refractivity contribution in [2.45, 2.75) is 33.2 Å². The van der Waals surface area contributed by atoms with Crippen molar-refractivity contribution in [3.05, 3.63) is 70.2 Å². The molecule has 0 bridgehead atoms. The largest absolute Gasteiger partial charge is 0.492 e. The van der Waals surface area contributed by atoms with E-state index >= 15 is 0 Å². The average Bonchev–Trinajstić information content (AvgIpc) is 3.36. The number of ether oxygens (including phenoxy) is 1. The Bertz CT molecular complexity index is 1220. The number of carbonyl (C=O) groups is 1. The molecule has 0 aliphatic carbocycles. The van der Waals surface area contributed by atoms with E-state index in [0.29, 0.717) is 26.6 Å². The molecule has 1 saturated heterocycles. The van der Waals surface area contributed by atoms with Gasteiger partial charge in [0, 0.05) is 23.4 Å². The number of thiocarbonyl (C=S) groups is 1. The molecule has 1 aromatic heterocycles. The smallest absolute Gasteiger partial charge is 0.266 e. The minimum absolute atomic E-state index is 0.0554. The van der Waals surface area contributed by atoms with Gasteiger partial charge in [0.25, 0.3) is 5.91 Å². The van der Waals surface area contributed by atoms with E-state index in [0.717, 1.165) is 28.9 Å². The third kappa shape index (κ3) is 4.86. The second-order valence-electron chi connectivity index (χ2n) is 7.60. The molecule has 1 fully saturated rings. The zero-order chi connectivity index (χ0) is 23.5. The lowest BCUT2D eigenvalue weighted by Gasteiger charge is -2.21. The monoisotopic (exact) mass is 497 g/mol. The molecule has 3 aromatic rings. The van der Waals surface area contributed by atoms with Crippen LogP contribution in [0, 0.1) is 0 Å². The summed E-state index contributed by atoms with van der Waals surface area (Å²) in [6, 6.07) is 15.5. The van der Waals surface area contributed by atoms with E-state index in [1.54, 1.807) is 9.58 Å². The predicted molar refractivity (Wildman–Crippen MR) is 140 cm³/mol. The van der Waals surface area contributed by atoms with Gasteiger partial charge in [-0.25, -0.2) is 4.68 Å². The summed E-state index contributed by atoms with van der Waals surface area (Å²) >= 11 is 13.3. The van der Waals surface area contributed by atoms with Crippen LogP contribution in [0.5, 0.6) is 5.75 Å². The fourth-order valence-electron chi connectivity index (χ4n) is 3.53. The van der Waals surface area contributed by atoms with Gasteiger partial charge in [-0.05, 0) is 56.7 Å². The first-order valence-corrected chi connectivity index (χ1v) is 12.4. The molecule has 1 aliphatic rings. The van der Waals surface area contributed by atoms with E-state index in [-0.39, 0.29) is 11.9 Å². The standard InChI is InChI=1S/C25H24ClN3O2S2/c1-4-16(3)29-24(30)22(33-25(29)32)14-18-15-28(19-9-7-6-8-10-19)27-23(18)17-11-12-21(31-5-2)20(26)13-17/h6-16H,4-5H2,1-3H3/b22-14-. The molecule has 0 N–H and O–H groups in total. The molecule has 1 aliphatic heterocycles. The van der Waals surface area contributed by atoms with E-state index < -0.39 is 0 Å². The van der Waals surface area contributed by atoms with Gasteiger partial charge < -0.3 is 4.74 Å². The highest BCUT2D eigenvalue weighted by molar-refractivity contribution is 8.26. The first-order chi connectivity index (χ1) is 15.9. The van der Waals surface area contributed by atoms with Gasteiger partial charge in [0.1, 0.15) is 15.8 Å². The summed E-state index contributed by atoms with van der Waals surface area (Å²) in [5, 5.41) is 5.34. The molecule has 2 heterocycles. The van der Waals surface area contributed by atoms with Crippen molar-refractivity contribution in [3.63, 3.8) is 0 Å². The zero-order valence-electron chi connectivity index (χ0n) is 18.6. The SMILES string of the molecule is CCOc1ccc(-c2nn(-c3ccccc3)cc2/C=C2\SC(=S)N(C(C)CC)C2=O)cc1Cl. The maximum Gasteiger partial charge on any atom is 0.266 e. The third-order valence-electron chi connectivity index (χ3n) is 5.41. The van der Waals surface area contributed by atoms with Gasteiger partial charge in [0.05, 0.1) is 22.2 Å². The van der Waals surface area contributed by atoms with Crippen LogP contribution in [0.4, 0.5) is 0 Å². The highest BCUT2D eigenvalue weighted by Gasteiger charge is 2.35. The van der Waals surface area contributed by atoms with Gasteiger partial charge in [-0.15, -0.1) is 0 Å². The summed E-state index contributed by atoms with van der Waals surface area (Å²) in [4.78, 5) is 15.4. The van der Waals surface area contributed by atoms with Gasteiger partial charge in [0.2, 0.25) is 0 Å². The third-order valence-corrected chi connectivity index (χ3v) is 7.04. The number of amides is 1. The predicted octanol–water partition coefficient (Wildman–Crippen LogP) is 6.59. The Kier molecular flexibility index (Phi) is 7.22. The van der Waals surface area contributed by atoms with Crippen molar-refractivity contribution < 1.29 is 9.53 Å². The van der Waals surface area contributed by atoms with Crippen molar-refractivity contribution in [1.82, 2.24) is 14.7 Å². The number of carbonyl (C=O) groups excluding carboxylic acids is 1. The molecule has 5 nitrogen and oxygen atoms in total. The van der Waals surface area contributed by atoms with E-state index in [9.17, 15) is 4.79 Å². The van der Waals surface area contributed by atoms with Crippen LogP contribution >= 0.6 is 35.6 Å². The highest BCUT2D eigenvalue weighted by Crippen LogP contribution is 2.37. The minimum atomic E-state index is -0.0671. The molecule has 8 heteroatoms. The first kappa shape index (κ1) is 23.5. The van der Waals surface area contributed by atoms with E-state index in [4.69, 9.17) is 33.7 Å². The summed E-state index contributed by atoms with van der Waals surface area (Å²) in [5.74, 6) is 0.559. The lowest BCUT2D eigenvalue weighted by molar-refractivity contribution is -0.123. The Hall–Kier alpha value is -2.61. The molecule has 0 saturated carbocycles. The number of rotatable bonds is 7. The van der Waals surface area contributed by atoms with Gasteiger partial charge in [-0.2, -0.15) is 5.10 Å². The summed E-state index contributed by atoms with van der Waals surface area (Å²) < 4.78 is 7.96. The molecule has 1 atom stereocenters. The summed E-state index contributed by atoms with van der Waals surface area (Å²) in [6.45, 7) is 6.50. The summed E-state index contributed by atoms with van der Waals surface area (Å²) in [5.41, 5.74) is 3.28. The van der Waals surface area contributed by atoms with Crippen LogP contribution in [-0.2, 0) is 4.79 Å².